The Balaban J connectivity index is 2.16. The molecule has 0 radical (unpaired) electrons. The van der Waals surface area contributed by atoms with Crippen LogP contribution < -0.4 is 10.6 Å². The highest BCUT2D eigenvalue weighted by molar-refractivity contribution is 5.73. The summed E-state index contributed by atoms with van der Waals surface area (Å²) in [4.78, 5) is 11.4. The van der Waals surface area contributed by atoms with E-state index in [0.29, 0.717) is 13.1 Å². The van der Waals surface area contributed by atoms with Crippen LogP contribution in [0.3, 0.4) is 0 Å². The van der Waals surface area contributed by atoms with Crippen LogP contribution in [0.25, 0.3) is 0 Å². The van der Waals surface area contributed by atoms with Crippen LogP contribution in [-0.2, 0) is 13.0 Å². The Morgan fingerprint density at radius 2 is 1.79 bits per heavy atom. The second-order valence-electron chi connectivity index (χ2n) is 4.26. The second-order valence-corrected chi connectivity index (χ2v) is 4.26. The number of hydrogen-bond donors (Lipinski definition) is 3. The summed E-state index contributed by atoms with van der Waals surface area (Å²) >= 11 is 0. The topological polar surface area (TPSA) is 61.4 Å². The molecular weight excluding hydrogens is 240 g/mol. The SMILES string of the molecule is C/C=C/CCNC(=O)NCCc1ccc(CO)cc1. The van der Waals surface area contributed by atoms with Crippen LogP contribution >= 0.6 is 0 Å². The maximum atomic E-state index is 11.4. The van der Waals surface area contributed by atoms with E-state index in [2.05, 4.69) is 10.6 Å². The van der Waals surface area contributed by atoms with Crippen molar-refractivity contribution in [3.8, 4) is 0 Å². The van der Waals surface area contributed by atoms with Gasteiger partial charge in [0.25, 0.3) is 0 Å². The van der Waals surface area contributed by atoms with E-state index in [0.717, 1.165) is 24.0 Å². The minimum Gasteiger partial charge on any atom is -0.392 e. The molecule has 0 atom stereocenters. The molecule has 0 unspecified atom stereocenters. The quantitative estimate of drug-likeness (QED) is 0.520. The van der Waals surface area contributed by atoms with E-state index in [4.69, 9.17) is 5.11 Å². The van der Waals surface area contributed by atoms with Crippen LogP contribution in [0.1, 0.15) is 24.5 Å². The van der Waals surface area contributed by atoms with Gasteiger partial charge >= 0.3 is 6.03 Å². The Labute approximate surface area is 114 Å². The van der Waals surface area contributed by atoms with Crippen molar-refractivity contribution < 1.29 is 9.90 Å². The van der Waals surface area contributed by atoms with Gasteiger partial charge in [-0.05, 0) is 30.9 Å². The largest absolute Gasteiger partial charge is 0.392 e. The molecule has 1 aromatic carbocycles. The molecule has 104 valence electrons. The number of nitrogens with one attached hydrogen (secondary N) is 2. The number of urea groups is 1. The van der Waals surface area contributed by atoms with E-state index >= 15 is 0 Å². The first-order valence-corrected chi connectivity index (χ1v) is 6.57. The van der Waals surface area contributed by atoms with Gasteiger partial charge in [-0.1, -0.05) is 36.4 Å². The molecule has 0 aliphatic heterocycles. The molecule has 2 amide bonds. The van der Waals surface area contributed by atoms with Gasteiger partial charge in [0.05, 0.1) is 6.61 Å². The Morgan fingerprint density at radius 1 is 1.16 bits per heavy atom. The number of aliphatic hydroxyl groups is 1. The maximum Gasteiger partial charge on any atom is 0.314 e. The number of carbonyl (C=O) groups excluding carboxylic acids is 1. The van der Waals surface area contributed by atoms with Gasteiger partial charge in [0, 0.05) is 13.1 Å². The summed E-state index contributed by atoms with van der Waals surface area (Å²) in [5, 5.41) is 14.5. The monoisotopic (exact) mass is 262 g/mol. The summed E-state index contributed by atoms with van der Waals surface area (Å²) in [5.41, 5.74) is 2.05. The number of allylic oxidation sites excluding steroid dienone is 1. The first-order chi connectivity index (χ1) is 9.26. The zero-order valence-electron chi connectivity index (χ0n) is 11.4. The summed E-state index contributed by atoms with van der Waals surface area (Å²) in [7, 11) is 0. The van der Waals surface area contributed by atoms with Crippen molar-refractivity contribution in [1.29, 1.82) is 0 Å². The first kappa shape index (κ1) is 15.2. The van der Waals surface area contributed by atoms with Crippen LogP contribution in [0.5, 0.6) is 0 Å². The average Bonchev–Trinajstić information content (AvgIpc) is 2.44. The van der Waals surface area contributed by atoms with Crippen LogP contribution in [0, 0.1) is 0 Å². The van der Waals surface area contributed by atoms with E-state index in [1.807, 2.05) is 43.3 Å². The molecule has 0 fully saturated rings. The Hall–Kier alpha value is -1.81. The molecule has 4 heteroatoms. The van der Waals surface area contributed by atoms with Gasteiger partial charge in [0.15, 0.2) is 0 Å². The average molecular weight is 262 g/mol. The normalized spacial score (nSPS) is 10.6. The van der Waals surface area contributed by atoms with Crippen molar-refractivity contribution in [2.75, 3.05) is 13.1 Å². The van der Waals surface area contributed by atoms with E-state index in [1.54, 1.807) is 0 Å². The zero-order chi connectivity index (χ0) is 13.9. The molecule has 0 aliphatic rings. The summed E-state index contributed by atoms with van der Waals surface area (Å²) < 4.78 is 0. The van der Waals surface area contributed by atoms with Gasteiger partial charge in [-0.3, -0.25) is 0 Å². The van der Waals surface area contributed by atoms with Crippen molar-refractivity contribution in [3.63, 3.8) is 0 Å². The van der Waals surface area contributed by atoms with Crippen molar-refractivity contribution in [2.45, 2.75) is 26.4 Å². The number of hydrogen-bond acceptors (Lipinski definition) is 2. The van der Waals surface area contributed by atoms with Crippen LogP contribution in [0.2, 0.25) is 0 Å². The van der Waals surface area contributed by atoms with Gasteiger partial charge in [-0.2, -0.15) is 0 Å². The van der Waals surface area contributed by atoms with Crippen LogP contribution in [0.4, 0.5) is 4.79 Å². The molecule has 0 saturated carbocycles. The first-order valence-electron chi connectivity index (χ1n) is 6.57. The lowest BCUT2D eigenvalue weighted by Gasteiger charge is -2.07. The number of amides is 2. The number of benzene rings is 1. The molecule has 3 N–H and O–H groups in total. The third-order valence-corrected chi connectivity index (χ3v) is 2.74. The molecular formula is C15H22N2O2. The Morgan fingerprint density at radius 3 is 2.42 bits per heavy atom. The molecule has 0 aromatic heterocycles. The van der Waals surface area contributed by atoms with Crippen LogP contribution in [-0.4, -0.2) is 24.2 Å². The molecule has 1 rings (SSSR count). The van der Waals surface area contributed by atoms with Gasteiger partial charge in [-0.15, -0.1) is 0 Å². The molecule has 19 heavy (non-hydrogen) atoms. The van der Waals surface area contributed by atoms with Gasteiger partial charge in [-0.25, -0.2) is 4.79 Å². The van der Waals surface area contributed by atoms with E-state index in [9.17, 15) is 4.79 Å². The summed E-state index contributed by atoms with van der Waals surface area (Å²) in [6.45, 7) is 3.28. The molecule has 4 nitrogen and oxygen atoms in total. The number of aliphatic hydroxyl groups excluding tert-OH is 1. The highest BCUT2D eigenvalue weighted by atomic mass is 16.3. The third kappa shape index (κ3) is 6.62. The molecule has 0 aliphatic carbocycles. The fourth-order valence-corrected chi connectivity index (χ4v) is 1.63. The van der Waals surface area contributed by atoms with Gasteiger partial charge in [0.1, 0.15) is 0 Å². The Kier molecular flexibility index (Phi) is 7.35. The van der Waals surface area contributed by atoms with Crippen molar-refractivity contribution >= 4 is 6.03 Å². The summed E-state index contributed by atoms with van der Waals surface area (Å²) in [6, 6.07) is 7.60. The van der Waals surface area contributed by atoms with Crippen molar-refractivity contribution in [2.24, 2.45) is 0 Å². The van der Waals surface area contributed by atoms with E-state index in [-0.39, 0.29) is 12.6 Å². The molecule has 0 bridgehead atoms. The Bertz CT molecular complexity index is 399. The van der Waals surface area contributed by atoms with Crippen molar-refractivity contribution in [1.82, 2.24) is 10.6 Å². The summed E-state index contributed by atoms with van der Waals surface area (Å²) in [5.74, 6) is 0. The fraction of sp³-hybridized carbons (Fsp3) is 0.400. The lowest BCUT2D eigenvalue weighted by molar-refractivity contribution is 0.241. The van der Waals surface area contributed by atoms with E-state index < -0.39 is 0 Å². The fourth-order valence-electron chi connectivity index (χ4n) is 1.63. The number of rotatable bonds is 7. The molecule has 1 aromatic rings. The minimum absolute atomic E-state index is 0.0626. The van der Waals surface area contributed by atoms with E-state index in [1.165, 1.54) is 0 Å². The molecule has 0 spiro atoms. The van der Waals surface area contributed by atoms with Gasteiger partial charge in [0.2, 0.25) is 0 Å². The van der Waals surface area contributed by atoms with Crippen molar-refractivity contribution in [3.05, 3.63) is 47.5 Å². The lowest BCUT2D eigenvalue weighted by atomic mass is 10.1. The highest BCUT2D eigenvalue weighted by Gasteiger charge is 1.99. The highest BCUT2D eigenvalue weighted by Crippen LogP contribution is 2.04. The second kappa shape index (κ2) is 9.16. The predicted molar refractivity (Wildman–Crippen MR) is 76.9 cm³/mol. The standard InChI is InChI=1S/C15H22N2O2/c1-2-3-4-10-16-15(19)17-11-9-13-5-7-14(12-18)8-6-13/h2-3,5-8,18H,4,9-12H2,1H3,(H2,16,17,19)/b3-2+. The maximum absolute atomic E-state index is 11.4. The molecule has 0 saturated heterocycles. The van der Waals surface area contributed by atoms with Gasteiger partial charge < -0.3 is 15.7 Å². The smallest absolute Gasteiger partial charge is 0.314 e. The third-order valence-electron chi connectivity index (χ3n) is 2.74. The lowest BCUT2D eigenvalue weighted by Crippen LogP contribution is -2.36. The summed E-state index contributed by atoms with van der Waals surface area (Å²) in [6.07, 6.45) is 5.62. The zero-order valence-corrected chi connectivity index (χ0v) is 11.4. The predicted octanol–water partition coefficient (Wildman–Crippen LogP) is 1.99. The number of carbonyl (C=O) groups is 1. The molecule has 0 heterocycles. The van der Waals surface area contributed by atoms with Crippen LogP contribution in [0.15, 0.2) is 36.4 Å². The minimum atomic E-state index is -0.128.